The zero-order chi connectivity index (χ0) is 13.2. The van der Waals surface area contributed by atoms with Crippen molar-refractivity contribution < 1.29 is 19.1 Å². The van der Waals surface area contributed by atoms with Crippen LogP contribution in [0.4, 0.5) is 0 Å². The summed E-state index contributed by atoms with van der Waals surface area (Å²) in [6.45, 7) is 4.58. The zero-order valence-corrected chi connectivity index (χ0v) is 12.9. The van der Waals surface area contributed by atoms with Crippen LogP contribution in [0.25, 0.3) is 0 Å². The Morgan fingerprint density at radius 1 is 1.24 bits per heavy atom. The number of hydrogen-bond donors (Lipinski definition) is 0. The molecule has 17 heavy (non-hydrogen) atoms. The van der Waals surface area contributed by atoms with Gasteiger partial charge < -0.3 is 9.47 Å². The largest absolute Gasteiger partial charge is 0.459 e. The van der Waals surface area contributed by atoms with Gasteiger partial charge in [0.2, 0.25) is 0 Å². The average molecular weight is 370 g/mol. The van der Waals surface area contributed by atoms with Crippen LogP contribution in [0.5, 0.6) is 0 Å². The maximum absolute atomic E-state index is 11.1. The fourth-order valence-electron chi connectivity index (χ4n) is 1.62. The first kappa shape index (κ1) is 14.7. The molecule has 0 radical (unpaired) electrons. The van der Waals surface area contributed by atoms with Crippen molar-refractivity contribution >= 4 is 43.8 Å². The van der Waals surface area contributed by atoms with E-state index >= 15 is 0 Å². The number of carbonyl (C=O) groups excluding carboxylic acids is 2. The summed E-state index contributed by atoms with van der Waals surface area (Å²) in [6, 6.07) is 0. The molecule has 0 aromatic carbocycles. The van der Waals surface area contributed by atoms with Crippen molar-refractivity contribution in [1.82, 2.24) is 0 Å². The lowest BCUT2D eigenvalue weighted by atomic mass is 9.92. The summed E-state index contributed by atoms with van der Waals surface area (Å²) in [4.78, 5) is 21.7. The highest BCUT2D eigenvalue weighted by molar-refractivity contribution is 9.10. The van der Waals surface area contributed by atoms with Crippen LogP contribution in [-0.2, 0) is 19.1 Å². The third kappa shape index (κ3) is 3.81. The normalized spacial score (nSPS) is 36.4. The first-order valence-electron chi connectivity index (χ1n) is 5.11. The van der Waals surface area contributed by atoms with Gasteiger partial charge in [0.1, 0.15) is 12.2 Å². The molecule has 4 atom stereocenters. The number of carbonyl (C=O) groups is 2. The van der Waals surface area contributed by atoms with Gasteiger partial charge in [-0.05, 0) is 13.0 Å². The lowest BCUT2D eigenvalue weighted by Gasteiger charge is -2.38. The summed E-state index contributed by atoms with van der Waals surface area (Å²) in [5.41, 5.74) is 0. The van der Waals surface area contributed by atoms with E-state index in [1.807, 2.05) is 13.0 Å². The fourth-order valence-corrected chi connectivity index (χ4v) is 3.45. The first-order chi connectivity index (χ1) is 7.74. The molecule has 1 aliphatic rings. The van der Waals surface area contributed by atoms with E-state index in [-0.39, 0.29) is 16.8 Å². The standard InChI is InChI=1S/C11H14Br2O4/c1-6(14)16-8-4-5-11(3,13)10(9(8)12)17-7(2)15/h4-5,8-10H,1-3H3/t8-,9+,10-,11-/m0/s1. The van der Waals surface area contributed by atoms with Crippen LogP contribution in [0, 0.1) is 0 Å². The highest BCUT2D eigenvalue weighted by Gasteiger charge is 2.44. The summed E-state index contributed by atoms with van der Waals surface area (Å²) >= 11 is 6.91. The molecular formula is C11H14Br2O4. The van der Waals surface area contributed by atoms with Crippen molar-refractivity contribution in [3.8, 4) is 0 Å². The minimum absolute atomic E-state index is 0.287. The van der Waals surface area contributed by atoms with E-state index in [1.54, 1.807) is 6.08 Å². The van der Waals surface area contributed by atoms with Crippen molar-refractivity contribution in [3.05, 3.63) is 12.2 Å². The fraction of sp³-hybridized carbons (Fsp3) is 0.636. The second kappa shape index (κ2) is 5.52. The van der Waals surface area contributed by atoms with E-state index in [2.05, 4.69) is 31.9 Å². The van der Waals surface area contributed by atoms with Gasteiger partial charge in [-0.3, -0.25) is 9.59 Å². The Morgan fingerprint density at radius 3 is 2.24 bits per heavy atom. The van der Waals surface area contributed by atoms with E-state index < -0.39 is 16.5 Å². The van der Waals surface area contributed by atoms with Gasteiger partial charge >= 0.3 is 11.9 Å². The van der Waals surface area contributed by atoms with E-state index in [4.69, 9.17) is 9.47 Å². The molecule has 0 saturated heterocycles. The first-order valence-corrected chi connectivity index (χ1v) is 6.81. The summed E-state index contributed by atoms with van der Waals surface area (Å²) in [5, 5.41) is 0. The lowest BCUT2D eigenvalue weighted by molar-refractivity contribution is -0.151. The molecule has 1 aliphatic carbocycles. The molecule has 0 bridgehead atoms. The Kier molecular flexibility index (Phi) is 4.77. The van der Waals surface area contributed by atoms with Crippen LogP contribution < -0.4 is 0 Å². The van der Waals surface area contributed by atoms with Gasteiger partial charge in [-0.25, -0.2) is 0 Å². The molecular weight excluding hydrogens is 356 g/mol. The highest BCUT2D eigenvalue weighted by Crippen LogP contribution is 2.37. The number of esters is 2. The van der Waals surface area contributed by atoms with Gasteiger partial charge in [0.05, 0.1) is 9.15 Å². The quantitative estimate of drug-likeness (QED) is 0.426. The second-order valence-corrected chi connectivity index (χ2v) is 6.82. The monoisotopic (exact) mass is 368 g/mol. The van der Waals surface area contributed by atoms with Crippen LogP contribution in [0.15, 0.2) is 12.2 Å². The molecule has 1 rings (SSSR count). The van der Waals surface area contributed by atoms with Gasteiger partial charge in [0.15, 0.2) is 0 Å². The molecule has 6 heteroatoms. The van der Waals surface area contributed by atoms with Crippen molar-refractivity contribution in [2.24, 2.45) is 0 Å². The molecule has 0 aromatic rings. The number of alkyl halides is 2. The Hall–Kier alpha value is -0.360. The van der Waals surface area contributed by atoms with Crippen molar-refractivity contribution in [3.63, 3.8) is 0 Å². The molecule has 0 saturated carbocycles. The van der Waals surface area contributed by atoms with E-state index in [0.29, 0.717) is 0 Å². The minimum atomic E-state index is -0.483. The van der Waals surface area contributed by atoms with Gasteiger partial charge in [-0.1, -0.05) is 37.9 Å². The highest BCUT2D eigenvalue weighted by atomic mass is 79.9. The van der Waals surface area contributed by atoms with E-state index in [9.17, 15) is 9.59 Å². The van der Waals surface area contributed by atoms with Crippen molar-refractivity contribution in [1.29, 1.82) is 0 Å². The number of hydrogen-bond acceptors (Lipinski definition) is 4. The smallest absolute Gasteiger partial charge is 0.303 e. The van der Waals surface area contributed by atoms with Crippen LogP contribution in [0.1, 0.15) is 20.8 Å². The third-order valence-electron chi connectivity index (χ3n) is 2.37. The molecule has 0 unspecified atom stereocenters. The molecule has 0 fully saturated rings. The Balaban J connectivity index is 2.90. The number of rotatable bonds is 2. The van der Waals surface area contributed by atoms with Gasteiger partial charge in [-0.15, -0.1) is 0 Å². The number of halogens is 2. The number of ether oxygens (including phenoxy) is 2. The Labute approximate surface area is 117 Å². The molecule has 0 N–H and O–H groups in total. The minimum Gasteiger partial charge on any atom is -0.459 e. The van der Waals surface area contributed by atoms with Crippen molar-refractivity contribution in [2.75, 3.05) is 0 Å². The second-order valence-electron chi connectivity index (χ2n) is 4.06. The van der Waals surface area contributed by atoms with Crippen LogP contribution in [-0.4, -0.2) is 33.3 Å². The maximum Gasteiger partial charge on any atom is 0.303 e. The molecule has 0 aliphatic heterocycles. The molecule has 0 spiro atoms. The summed E-state index contributed by atoms with van der Waals surface area (Å²) in [6.07, 6.45) is 2.71. The van der Waals surface area contributed by atoms with Crippen molar-refractivity contribution in [2.45, 2.75) is 42.1 Å². The SMILES string of the molecule is CC(=O)O[C@H]1C=C[C@](C)(Br)[C@@H](OC(C)=O)[C@@H]1Br. The van der Waals surface area contributed by atoms with Gasteiger partial charge in [0, 0.05) is 13.8 Å². The Morgan fingerprint density at radius 2 is 1.76 bits per heavy atom. The lowest BCUT2D eigenvalue weighted by Crippen LogP contribution is -2.50. The molecule has 0 heterocycles. The van der Waals surface area contributed by atoms with Crippen LogP contribution >= 0.6 is 31.9 Å². The molecule has 96 valence electrons. The Bertz CT molecular complexity index is 351. The topological polar surface area (TPSA) is 52.6 Å². The predicted molar refractivity (Wildman–Crippen MR) is 70.3 cm³/mol. The predicted octanol–water partition coefficient (Wildman–Crippen LogP) is 2.34. The van der Waals surface area contributed by atoms with Gasteiger partial charge in [0.25, 0.3) is 0 Å². The van der Waals surface area contributed by atoms with Crippen LogP contribution in [0.3, 0.4) is 0 Å². The molecule has 0 aromatic heterocycles. The third-order valence-corrected chi connectivity index (χ3v) is 4.08. The molecule has 0 amide bonds. The zero-order valence-electron chi connectivity index (χ0n) is 9.78. The van der Waals surface area contributed by atoms with Crippen LogP contribution in [0.2, 0.25) is 0 Å². The summed E-state index contributed by atoms with van der Waals surface area (Å²) in [7, 11) is 0. The summed E-state index contributed by atoms with van der Waals surface area (Å²) < 4.78 is 9.90. The van der Waals surface area contributed by atoms with E-state index in [1.165, 1.54) is 13.8 Å². The van der Waals surface area contributed by atoms with E-state index in [0.717, 1.165) is 0 Å². The maximum atomic E-state index is 11.1. The average Bonchev–Trinajstić information content (AvgIpc) is 2.17. The van der Waals surface area contributed by atoms with Gasteiger partial charge in [-0.2, -0.15) is 0 Å². The molecule has 4 nitrogen and oxygen atoms in total. The summed E-state index contributed by atoms with van der Waals surface area (Å²) in [5.74, 6) is -0.745.